The van der Waals surface area contributed by atoms with E-state index >= 15 is 0 Å². The average molecular weight is 891 g/mol. The lowest BCUT2D eigenvalue weighted by Crippen LogP contribution is -2.30. The Morgan fingerprint density at radius 3 is 0.953 bits per heavy atom. The molecule has 0 aliphatic rings. The molecule has 366 valence electrons. The van der Waals surface area contributed by atoms with E-state index in [-0.39, 0.29) is 31.1 Å². The largest absolute Gasteiger partial charge is 0.462 e. The Kier molecular flexibility index (Phi) is 49.4. The van der Waals surface area contributed by atoms with E-state index in [2.05, 4.69) is 81.5 Å². The van der Waals surface area contributed by atoms with Crippen molar-refractivity contribution in [1.82, 2.24) is 0 Å². The summed E-state index contributed by atoms with van der Waals surface area (Å²) < 4.78 is 16.8. The predicted molar refractivity (Wildman–Crippen MR) is 274 cm³/mol. The number of ether oxygens (including phenoxy) is 3. The predicted octanol–water partition coefficient (Wildman–Crippen LogP) is 17.6. The maximum absolute atomic E-state index is 12.8. The second kappa shape index (κ2) is 52.2. The Labute approximate surface area is 395 Å². The van der Waals surface area contributed by atoms with Crippen LogP contribution < -0.4 is 0 Å². The van der Waals surface area contributed by atoms with Crippen molar-refractivity contribution in [3.8, 4) is 0 Å². The molecule has 0 aromatic carbocycles. The minimum atomic E-state index is -0.794. The summed E-state index contributed by atoms with van der Waals surface area (Å²) in [6.07, 6.45) is 67.0. The number of hydrogen-bond acceptors (Lipinski definition) is 6. The summed E-state index contributed by atoms with van der Waals surface area (Å²) in [6.45, 7) is 6.50. The van der Waals surface area contributed by atoms with Crippen molar-refractivity contribution in [2.75, 3.05) is 13.2 Å². The van der Waals surface area contributed by atoms with Gasteiger partial charge in [0.05, 0.1) is 0 Å². The van der Waals surface area contributed by atoms with Gasteiger partial charge < -0.3 is 14.2 Å². The van der Waals surface area contributed by atoms with Crippen LogP contribution in [0.2, 0.25) is 0 Å². The quantitative estimate of drug-likeness (QED) is 0.0262. The highest BCUT2D eigenvalue weighted by Crippen LogP contribution is 2.14. The molecule has 1 unspecified atom stereocenters. The zero-order valence-electron chi connectivity index (χ0n) is 41.8. The molecule has 64 heavy (non-hydrogen) atoms. The van der Waals surface area contributed by atoms with Crippen LogP contribution in [0.5, 0.6) is 0 Å². The minimum absolute atomic E-state index is 0.0905. The van der Waals surface area contributed by atoms with Crippen molar-refractivity contribution in [1.29, 1.82) is 0 Å². The maximum Gasteiger partial charge on any atom is 0.306 e. The molecule has 0 aromatic rings. The van der Waals surface area contributed by atoms with Gasteiger partial charge in [-0.2, -0.15) is 0 Å². The van der Waals surface area contributed by atoms with Crippen molar-refractivity contribution in [3.05, 3.63) is 85.1 Å². The van der Waals surface area contributed by atoms with E-state index in [9.17, 15) is 14.4 Å². The zero-order valence-corrected chi connectivity index (χ0v) is 41.8. The summed E-state index contributed by atoms with van der Waals surface area (Å²) in [7, 11) is 0. The molecule has 0 aliphatic carbocycles. The number of hydrogen-bond donors (Lipinski definition) is 0. The monoisotopic (exact) mass is 891 g/mol. The van der Waals surface area contributed by atoms with Gasteiger partial charge in [-0.05, 0) is 64.2 Å². The molecule has 0 N–H and O–H groups in total. The Balaban J connectivity index is 4.43. The molecule has 0 saturated heterocycles. The third-order valence-electron chi connectivity index (χ3n) is 11.3. The fraction of sp³-hybridized carbons (Fsp3) is 0.707. The van der Waals surface area contributed by atoms with Gasteiger partial charge in [0.1, 0.15) is 13.2 Å². The van der Waals surface area contributed by atoms with Crippen LogP contribution in [-0.2, 0) is 28.6 Å². The number of allylic oxidation sites excluding steroid dienone is 14. The number of esters is 3. The highest BCUT2D eigenvalue weighted by Gasteiger charge is 2.19. The molecule has 0 saturated carbocycles. The summed E-state index contributed by atoms with van der Waals surface area (Å²) in [4.78, 5) is 38.0. The highest BCUT2D eigenvalue weighted by molar-refractivity contribution is 5.71. The van der Waals surface area contributed by atoms with Crippen LogP contribution >= 0.6 is 0 Å². The maximum atomic E-state index is 12.8. The number of rotatable bonds is 47. The van der Waals surface area contributed by atoms with Gasteiger partial charge in [-0.1, -0.05) is 247 Å². The highest BCUT2D eigenvalue weighted by atomic mass is 16.6. The third kappa shape index (κ3) is 49.6. The Bertz CT molecular complexity index is 1250. The Hall–Kier alpha value is -3.41. The van der Waals surface area contributed by atoms with Crippen molar-refractivity contribution in [2.45, 2.75) is 252 Å². The first-order valence-electron chi connectivity index (χ1n) is 26.7. The lowest BCUT2D eigenvalue weighted by atomic mass is 10.1. The molecule has 0 amide bonds. The van der Waals surface area contributed by atoms with Crippen molar-refractivity contribution in [3.63, 3.8) is 0 Å². The van der Waals surface area contributed by atoms with Crippen LogP contribution in [0.15, 0.2) is 85.1 Å². The van der Waals surface area contributed by atoms with Gasteiger partial charge in [0.15, 0.2) is 6.10 Å². The summed E-state index contributed by atoms with van der Waals surface area (Å²) in [6, 6.07) is 0. The van der Waals surface area contributed by atoms with Crippen molar-refractivity contribution < 1.29 is 28.6 Å². The van der Waals surface area contributed by atoms with Gasteiger partial charge in [-0.15, -0.1) is 0 Å². The Morgan fingerprint density at radius 1 is 0.312 bits per heavy atom. The van der Waals surface area contributed by atoms with E-state index in [0.29, 0.717) is 19.3 Å². The SMILES string of the molecule is CCC\C=C/C=C\C=C/C=C\C=C/CCCCCCCC(=O)OCC(COC(=O)CCCCCCCCCCCC)OC(=O)CCCCCCC/C=C\C=C/CCCCCCCCC. The van der Waals surface area contributed by atoms with Gasteiger partial charge in [-0.25, -0.2) is 0 Å². The summed E-state index contributed by atoms with van der Waals surface area (Å²) in [5.41, 5.74) is 0. The molecule has 0 bridgehead atoms. The lowest BCUT2D eigenvalue weighted by molar-refractivity contribution is -0.167. The third-order valence-corrected chi connectivity index (χ3v) is 11.3. The van der Waals surface area contributed by atoms with Gasteiger partial charge >= 0.3 is 17.9 Å². The topological polar surface area (TPSA) is 78.9 Å². The second-order valence-electron chi connectivity index (χ2n) is 17.6. The Morgan fingerprint density at radius 2 is 0.594 bits per heavy atom. The van der Waals surface area contributed by atoms with Gasteiger partial charge in [-0.3, -0.25) is 14.4 Å². The van der Waals surface area contributed by atoms with Crippen LogP contribution in [-0.4, -0.2) is 37.2 Å². The summed E-state index contributed by atoms with van der Waals surface area (Å²) >= 11 is 0. The molecule has 1 atom stereocenters. The van der Waals surface area contributed by atoms with E-state index in [1.165, 1.54) is 103 Å². The first-order chi connectivity index (χ1) is 31.5. The van der Waals surface area contributed by atoms with Crippen LogP contribution in [0.3, 0.4) is 0 Å². The van der Waals surface area contributed by atoms with Crippen LogP contribution in [0.1, 0.15) is 245 Å². The molecule has 0 radical (unpaired) electrons. The molecule has 0 fully saturated rings. The summed E-state index contributed by atoms with van der Waals surface area (Å²) in [5, 5.41) is 0. The van der Waals surface area contributed by atoms with E-state index in [4.69, 9.17) is 14.2 Å². The second-order valence-corrected chi connectivity index (χ2v) is 17.6. The molecular formula is C58H98O6. The van der Waals surface area contributed by atoms with E-state index in [0.717, 1.165) is 103 Å². The average Bonchev–Trinajstić information content (AvgIpc) is 3.29. The lowest BCUT2D eigenvalue weighted by Gasteiger charge is -2.18. The number of carbonyl (C=O) groups excluding carboxylic acids is 3. The van der Waals surface area contributed by atoms with Gasteiger partial charge in [0, 0.05) is 19.3 Å². The van der Waals surface area contributed by atoms with E-state index in [1.807, 2.05) is 24.3 Å². The normalized spacial score (nSPS) is 12.7. The molecule has 6 nitrogen and oxygen atoms in total. The zero-order chi connectivity index (χ0) is 46.5. The first kappa shape index (κ1) is 60.6. The van der Waals surface area contributed by atoms with E-state index < -0.39 is 6.10 Å². The van der Waals surface area contributed by atoms with Gasteiger partial charge in [0.25, 0.3) is 0 Å². The minimum Gasteiger partial charge on any atom is -0.462 e. The molecule has 0 spiro atoms. The molecule has 0 aliphatic heterocycles. The standard InChI is InChI=1S/C58H98O6/c1-4-7-10-13-16-19-22-24-26-28-30-32-34-36-39-42-45-48-51-57(60)63-54-55(53-62-56(59)50-47-44-41-38-21-18-15-12-9-6-3)64-58(61)52-49-46-43-40-37-35-33-31-29-27-25-23-20-17-14-11-8-5-2/h10,13,16,19,22,24,26-33,55H,4-9,11-12,14-15,17-18,20-21,23,25,34-54H2,1-3H3/b13-10-,19-16-,24-22-,28-26-,29-27-,32-30-,33-31-. The van der Waals surface area contributed by atoms with E-state index in [1.54, 1.807) is 0 Å². The molecule has 0 aromatic heterocycles. The molecule has 6 heteroatoms. The summed E-state index contributed by atoms with van der Waals surface area (Å²) in [5.74, 6) is -0.932. The van der Waals surface area contributed by atoms with Crippen LogP contribution in [0.4, 0.5) is 0 Å². The fourth-order valence-corrected chi connectivity index (χ4v) is 7.23. The van der Waals surface area contributed by atoms with Gasteiger partial charge in [0.2, 0.25) is 0 Å². The molecule has 0 rings (SSSR count). The first-order valence-corrected chi connectivity index (χ1v) is 26.7. The smallest absolute Gasteiger partial charge is 0.306 e. The van der Waals surface area contributed by atoms with Crippen LogP contribution in [0, 0.1) is 0 Å². The van der Waals surface area contributed by atoms with Crippen LogP contribution in [0.25, 0.3) is 0 Å². The fourth-order valence-electron chi connectivity index (χ4n) is 7.23. The van der Waals surface area contributed by atoms with Crippen molar-refractivity contribution >= 4 is 17.9 Å². The van der Waals surface area contributed by atoms with Crippen molar-refractivity contribution in [2.24, 2.45) is 0 Å². The molecular weight excluding hydrogens is 793 g/mol. The number of carbonyl (C=O) groups is 3. The number of unbranched alkanes of at least 4 members (excludes halogenated alkanes) is 27. The molecule has 0 heterocycles.